The normalized spacial score (nSPS) is 13.5. The molecule has 0 atom stereocenters. The average Bonchev–Trinajstić information content (AvgIpc) is 3.35. The fraction of sp³-hybridized carbons (Fsp3) is 0.0588. The van der Waals surface area contributed by atoms with Gasteiger partial charge in [0.05, 0.1) is 23.3 Å². The minimum Gasteiger partial charge on any atom is -0.455 e. The van der Waals surface area contributed by atoms with Crippen LogP contribution in [0.1, 0.15) is 11.1 Å². The van der Waals surface area contributed by atoms with Gasteiger partial charge in [-0.05, 0) is 52.8 Å². The van der Waals surface area contributed by atoms with Gasteiger partial charge in [-0.15, -0.1) is 0 Å². The van der Waals surface area contributed by atoms with Gasteiger partial charge in [0.1, 0.15) is 19.2 Å². The van der Waals surface area contributed by atoms with E-state index in [1.807, 2.05) is 18.2 Å². The zero-order valence-corrected chi connectivity index (χ0v) is 22.6. The Morgan fingerprint density at radius 3 is 1.90 bits per heavy atom. The first kappa shape index (κ1) is 23.0. The zero-order chi connectivity index (χ0) is 26.7. The van der Waals surface area contributed by atoms with Gasteiger partial charge < -0.3 is 9.32 Å². The zero-order valence-electron chi connectivity index (χ0n) is 21.6. The van der Waals surface area contributed by atoms with Gasteiger partial charge in [0.25, 0.3) is 0 Å². The molecule has 6 aromatic rings. The number of benzene rings is 5. The lowest BCUT2D eigenvalue weighted by molar-refractivity contribution is 0.670. The second-order valence-electron chi connectivity index (χ2n) is 10.4. The Bertz CT molecular complexity index is 1960. The van der Waals surface area contributed by atoms with Crippen molar-refractivity contribution in [3.8, 4) is 23.3 Å². The van der Waals surface area contributed by atoms with E-state index < -0.39 is 8.07 Å². The fourth-order valence-electron chi connectivity index (χ4n) is 6.10. The smallest absolute Gasteiger partial charge is 0.143 e. The number of anilines is 3. The van der Waals surface area contributed by atoms with Gasteiger partial charge in [-0.3, -0.25) is 0 Å². The Morgan fingerprint density at radius 1 is 0.667 bits per heavy atom. The lowest BCUT2D eigenvalue weighted by atomic mass is 9.93. The maximum atomic E-state index is 10.1. The summed E-state index contributed by atoms with van der Waals surface area (Å²) in [6.07, 6.45) is 0. The highest BCUT2D eigenvalue weighted by Gasteiger charge is 2.38. The Kier molecular flexibility index (Phi) is 5.00. The van der Waals surface area contributed by atoms with Crippen LogP contribution in [0.2, 0.25) is 13.1 Å². The van der Waals surface area contributed by atoms with Crippen molar-refractivity contribution in [1.29, 1.82) is 10.5 Å². The van der Waals surface area contributed by atoms with Gasteiger partial charge in [-0.2, -0.15) is 10.5 Å². The van der Waals surface area contributed by atoms with Crippen LogP contribution in [0.5, 0.6) is 0 Å². The van der Waals surface area contributed by atoms with Crippen molar-refractivity contribution in [3.05, 3.63) is 114 Å². The minimum atomic E-state index is -1.94. The van der Waals surface area contributed by atoms with E-state index in [4.69, 9.17) is 4.42 Å². The molecule has 0 fully saturated rings. The van der Waals surface area contributed by atoms with Crippen molar-refractivity contribution in [3.63, 3.8) is 0 Å². The van der Waals surface area contributed by atoms with Crippen LogP contribution in [-0.4, -0.2) is 8.07 Å². The molecule has 0 bridgehead atoms. The summed E-state index contributed by atoms with van der Waals surface area (Å²) in [6, 6.07) is 39.5. The summed E-state index contributed by atoms with van der Waals surface area (Å²) in [4.78, 5) is 2.33. The monoisotopic (exact) mass is 517 g/mol. The summed E-state index contributed by atoms with van der Waals surface area (Å²) in [6.45, 7) is 4.81. The van der Waals surface area contributed by atoms with E-state index in [-0.39, 0.29) is 0 Å². The molecule has 5 heteroatoms. The highest BCUT2D eigenvalue weighted by atomic mass is 28.3. The number of fused-ring (bicyclic) bond motifs is 5. The number of para-hydroxylation sites is 3. The molecule has 1 aromatic heterocycles. The third-order valence-corrected chi connectivity index (χ3v) is 11.5. The van der Waals surface area contributed by atoms with Crippen LogP contribution in [-0.2, 0) is 0 Å². The van der Waals surface area contributed by atoms with Crippen molar-refractivity contribution in [2.24, 2.45) is 0 Å². The maximum Gasteiger partial charge on any atom is 0.143 e. The molecule has 7 rings (SSSR count). The van der Waals surface area contributed by atoms with Gasteiger partial charge in [-0.25, -0.2) is 0 Å². The lowest BCUT2D eigenvalue weighted by Gasteiger charge is -2.41. The summed E-state index contributed by atoms with van der Waals surface area (Å²) < 4.78 is 6.42. The molecule has 0 aliphatic carbocycles. The number of rotatable bonds is 2. The first-order chi connectivity index (χ1) is 19.0. The molecule has 0 spiro atoms. The van der Waals surface area contributed by atoms with Crippen molar-refractivity contribution in [1.82, 2.24) is 0 Å². The predicted molar refractivity (Wildman–Crippen MR) is 160 cm³/mol. The van der Waals surface area contributed by atoms with Crippen molar-refractivity contribution in [2.75, 3.05) is 4.90 Å². The number of hydrogen-bond donors (Lipinski definition) is 0. The maximum absolute atomic E-state index is 10.1. The molecule has 0 N–H and O–H groups in total. The van der Waals surface area contributed by atoms with E-state index in [9.17, 15) is 10.5 Å². The third-order valence-electron chi connectivity index (χ3n) is 7.93. The lowest BCUT2D eigenvalue weighted by Crippen LogP contribution is -2.58. The minimum absolute atomic E-state index is 0.445. The molecule has 0 radical (unpaired) electrons. The Hall–Kier alpha value is -5.10. The fourth-order valence-corrected chi connectivity index (χ4v) is 9.09. The Morgan fingerprint density at radius 2 is 1.26 bits per heavy atom. The molecule has 1 aliphatic heterocycles. The van der Waals surface area contributed by atoms with Gasteiger partial charge in [-0.1, -0.05) is 73.8 Å². The molecule has 0 amide bonds. The predicted octanol–water partition coefficient (Wildman–Crippen LogP) is 7.60. The van der Waals surface area contributed by atoms with Crippen molar-refractivity contribution >= 4 is 57.4 Å². The van der Waals surface area contributed by atoms with Crippen molar-refractivity contribution in [2.45, 2.75) is 13.1 Å². The highest BCUT2D eigenvalue weighted by molar-refractivity contribution is 7.02. The molecule has 0 unspecified atom stereocenters. The van der Waals surface area contributed by atoms with E-state index in [2.05, 4.69) is 96.9 Å². The van der Waals surface area contributed by atoms with E-state index >= 15 is 0 Å². The molecule has 1 aliphatic rings. The van der Waals surface area contributed by atoms with E-state index in [1.165, 1.54) is 21.7 Å². The molecular weight excluding hydrogens is 494 g/mol. The second-order valence-corrected chi connectivity index (χ2v) is 14.7. The molecule has 5 aromatic carbocycles. The van der Waals surface area contributed by atoms with Crippen LogP contribution in [0.4, 0.5) is 17.1 Å². The SMILES string of the molecule is C[Si]1(C)c2ccccc2N(c2cc(-c3c(C#N)cccc3C#N)c3oc4ccccc4c3c2)c2ccccc21. The highest BCUT2D eigenvalue weighted by Crippen LogP contribution is 2.45. The summed E-state index contributed by atoms with van der Waals surface area (Å²) in [7, 11) is -1.94. The number of nitriles is 2. The van der Waals surface area contributed by atoms with Gasteiger partial charge >= 0.3 is 0 Å². The number of hydrogen-bond acceptors (Lipinski definition) is 4. The molecule has 184 valence electrons. The molecule has 0 saturated carbocycles. The average molecular weight is 518 g/mol. The van der Waals surface area contributed by atoms with Crippen LogP contribution in [0.3, 0.4) is 0 Å². The molecular formula is C34H23N3OSi. The topological polar surface area (TPSA) is 64.0 Å². The van der Waals surface area contributed by atoms with Gasteiger partial charge in [0, 0.05) is 39.0 Å². The molecule has 39 heavy (non-hydrogen) atoms. The first-order valence-electron chi connectivity index (χ1n) is 12.9. The van der Waals surface area contributed by atoms with E-state index in [1.54, 1.807) is 18.2 Å². The van der Waals surface area contributed by atoms with Gasteiger partial charge in [0.15, 0.2) is 0 Å². The third kappa shape index (κ3) is 3.28. The van der Waals surface area contributed by atoms with Crippen LogP contribution in [0, 0.1) is 22.7 Å². The van der Waals surface area contributed by atoms with Crippen LogP contribution in [0.25, 0.3) is 33.1 Å². The summed E-state index contributed by atoms with van der Waals surface area (Å²) in [5.74, 6) is 0. The quantitative estimate of drug-likeness (QED) is 0.222. The molecule has 0 saturated heterocycles. The summed E-state index contributed by atoms with van der Waals surface area (Å²) in [5, 5.41) is 24.8. The van der Waals surface area contributed by atoms with E-state index in [0.29, 0.717) is 22.3 Å². The summed E-state index contributed by atoms with van der Waals surface area (Å²) in [5.41, 5.74) is 6.97. The van der Waals surface area contributed by atoms with Gasteiger partial charge in [0.2, 0.25) is 0 Å². The second kappa shape index (κ2) is 8.46. The van der Waals surface area contributed by atoms with Crippen LogP contribution < -0.4 is 15.3 Å². The number of furan rings is 1. The molecule has 4 nitrogen and oxygen atoms in total. The van der Waals surface area contributed by atoms with Crippen LogP contribution >= 0.6 is 0 Å². The van der Waals surface area contributed by atoms with E-state index in [0.717, 1.165) is 27.6 Å². The van der Waals surface area contributed by atoms with Crippen LogP contribution in [0.15, 0.2) is 108 Å². The standard InChI is InChI=1S/C34H23N3OSi/c1-39(2)31-16-7-4-13-28(31)37(29-14-5-8-17-32(29)39)24-18-26-25-12-3-6-15-30(25)38-34(26)27(19-24)33-22(20-35)10-9-11-23(33)21-36/h3-19H,1-2H3. The Labute approximate surface area is 227 Å². The number of nitrogens with zero attached hydrogens (tertiary/aromatic N) is 3. The largest absolute Gasteiger partial charge is 0.455 e. The van der Waals surface area contributed by atoms with Crippen molar-refractivity contribution < 1.29 is 4.42 Å². The Balaban J connectivity index is 1.63. The molecule has 2 heterocycles. The first-order valence-corrected chi connectivity index (χ1v) is 15.9. The summed E-state index contributed by atoms with van der Waals surface area (Å²) >= 11 is 0.